The molecule has 1 heteroatoms. The smallest absolute Gasteiger partial charge is 0.0706 e. The minimum absolute atomic E-state index is 0.315. The Morgan fingerprint density at radius 3 is 2.41 bits per heavy atom. The van der Waals surface area contributed by atoms with E-state index in [2.05, 4.69) is 37.3 Å². The third-order valence-corrected chi connectivity index (χ3v) is 4.30. The van der Waals surface area contributed by atoms with Crippen molar-refractivity contribution in [2.24, 2.45) is 5.41 Å². The maximum absolute atomic E-state index is 4.85. The van der Waals surface area contributed by atoms with Gasteiger partial charge in [-0.2, -0.15) is 0 Å². The highest BCUT2D eigenvalue weighted by atomic mass is 14.9. The normalized spacial score (nSPS) is 22.3. The number of nitrogens with zero attached hydrogens (tertiary/aromatic N) is 1. The fourth-order valence-electron chi connectivity index (χ4n) is 3.09. The van der Waals surface area contributed by atoms with Crippen molar-refractivity contribution in [1.82, 2.24) is 5.32 Å². The summed E-state index contributed by atoms with van der Waals surface area (Å²) in [7, 11) is 0. The molecule has 0 atom stereocenters. The quantitative estimate of drug-likeness (QED) is 0.619. The Kier molecular flexibility index (Phi) is 2.70. The summed E-state index contributed by atoms with van der Waals surface area (Å²) in [6.45, 7) is 2.40. The van der Waals surface area contributed by atoms with E-state index < -0.39 is 0 Å². The highest BCUT2D eigenvalue weighted by Crippen LogP contribution is 2.44. The first-order valence-electron chi connectivity index (χ1n) is 6.81. The van der Waals surface area contributed by atoms with Crippen LogP contribution in [0.15, 0.2) is 30.0 Å². The lowest BCUT2D eigenvalue weighted by Gasteiger charge is -2.28. The summed E-state index contributed by atoms with van der Waals surface area (Å²) in [5.41, 5.74) is 4.09. The summed E-state index contributed by atoms with van der Waals surface area (Å²) < 4.78 is 0. The average Bonchev–Trinajstić information content (AvgIpc) is 2.66. The highest BCUT2D eigenvalue weighted by Gasteiger charge is 2.33. The summed E-state index contributed by atoms with van der Waals surface area (Å²) in [5, 5.41) is 4.85. The molecule has 1 fully saturated rings. The zero-order valence-corrected chi connectivity index (χ0v) is 10.6. The number of para-hydroxylation sites is 1. The van der Waals surface area contributed by atoms with Crippen LogP contribution in [0.2, 0.25) is 0 Å². The first-order valence-corrected chi connectivity index (χ1v) is 6.81. The second kappa shape index (κ2) is 4.21. The molecule has 1 nitrogen and oxygen atoms in total. The summed E-state index contributed by atoms with van der Waals surface area (Å²) in [6, 6.07) is 8.47. The summed E-state index contributed by atoms with van der Waals surface area (Å²) in [4.78, 5) is 0. The van der Waals surface area contributed by atoms with Gasteiger partial charge in [-0.05, 0) is 25.0 Å². The fourth-order valence-corrected chi connectivity index (χ4v) is 3.09. The Morgan fingerprint density at radius 2 is 1.71 bits per heavy atom. The van der Waals surface area contributed by atoms with Gasteiger partial charge in [0.1, 0.15) is 0 Å². The zero-order chi connectivity index (χ0) is 11.7. The van der Waals surface area contributed by atoms with Gasteiger partial charge in [0.05, 0.1) is 5.69 Å². The Hall–Kier alpha value is -1.24. The molecule has 17 heavy (non-hydrogen) atoms. The van der Waals surface area contributed by atoms with Crippen molar-refractivity contribution in [1.29, 1.82) is 0 Å². The Bertz CT molecular complexity index is 437. The van der Waals surface area contributed by atoms with Gasteiger partial charge in [-0.25, -0.2) is 0 Å². The van der Waals surface area contributed by atoms with Gasteiger partial charge in [-0.3, -0.25) is 5.32 Å². The molecular weight excluding hydrogens is 206 g/mol. The van der Waals surface area contributed by atoms with Crippen molar-refractivity contribution in [2.45, 2.75) is 45.4 Å². The van der Waals surface area contributed by atoms with Crippen molar-refractivity contribution < 1.29 is 0 Å². The van der Waals surface area contributed by atoms with Gasteiger partial charge in [-0.15, -0.1) is 0 Å². The van der Waals surface area contributed by atoms with E-state index in [-0.39, 0.29) is 0 Å². The van der Waals surface area contributed by atoms with E-state index in [0.29, 0.717) is 5.41 Å². The van der Waals surface area contributed by atoms with E-state index in [1.54, 1.807) is 0 Å². The predicted octanol–water partition coefficient (Wildman–Crippen LogP) is 4.64. The minimum Gasteiger partial charge on any atom is -0.252 e. The molecule has 1 aromatic rings. The third kappa shape index (κ3) is 1.99. The van der Waals surface area contributed by atoms with Crippen LogP contribution in [0.25, 0.3) is 6.08 Å². The maximum Gasteiger partial charge on any atom is 0.0706 e. The number of hydrogen-bond donors (Lipinski definition) is 0. The van der Waals surface area contributed by atoms with Crippen molar-refractivity contribution in [3.63, 3.8) is 0 Å². The zero-order valence-electron chi connectivity index (χ0n) is 10.6. The van der Waals surface area contributed by atoms with Crippen LogP contribution in [0.4, 0.5) is 5.69 Å². The number of rotatable bonds is 1. The summed E-state index contributed by atoms with van der Waals surface area (Å²) in [5.74, 6) is 0. The van der Waals surface area contributed by atoms with Gasteiger partial charge in [0.2, 0.25) is 0 Å². The SMILES string of the molecule is CC1(C2=Cc3ccccc3[N]2)CCCCCC1. The summed E-state index contributed by atoms with van der Waals surface area (Å²) in [6.07, 6.45) is 10.4. The molecule has 3 rings (SSSR count). The number of fused-ring (bicyclic) bond motifs is 1. The molecule has 89 valence electrons. The molecule has 0 amide bonds. The van der Waals surface area contributed by atoms with E-state index in [9.17, 15) is 0 Å². The Morgan fingerprint density at radius 1 is 1.00 bits per heavy atom. The molecular formula is C16H20N. The van der Waals surface area contributed by atoms with Gasteiger partial charge < -0.3 is 0 Å². The average molecular weight is 226 g/mol. The predicted molar refractivity (Wildman–Crippen MR) is 72.0 cm³/mol. The first-order chi connectivity index (χ1) is 8.28. The monoisotopic (exact) mass is 226 g/mol. The molecule has 1 saturated carbocycles. The van der Waals surface area contributed by atoms with Gasteiger partial charge in [0.25, 0.3) is 0 Å². The fraction of sp³-hybridized carbons (Fsp3) is 0.500. The second-order valence-corrected chi connectivity index (χ2v) is 5.68. The van der Waals surface area contributed by atoms with Gasteiger partial charge in [0.15, 0.2) is 0 Å². The number of hydrogen-bond acceptors (Lipinski definition) is 0. The Labute approximate surface area is 104 Å². The minimum atomic E-state index is 0.315. The van der Waals surface area contributed by atoms with Crippen LogP contribution in [-0.2, 0) is 0 Å². The maximum atomic E-state index is 4.85. The standard InChI is InChI=1S/C16H20N/c1-16(10-6-2-3-7-11-16)15-12-13-8-4-5-9-14(13)17-15/h4-5,8-9,12H,2-3,6-7,10-11H2,1H3. The second-order valence-electron chi connectivity index (χ2n) is 5.68. The highest BCUT2D eigenvalue weighted by molar-refractivity contribution is 5.72. The lowest BCUT2D eigenvalue weighted by atomic mass is 9.79. The molecule has 1 aromatic carbocycles. The largest absolute Gasteiger partial charge is 0.252 e. The number of benzene rings is 1. The van der Waals surface area contributed by atoms with Crippen LogP contribution >= 0.6 is 0 Å². The first kappa shape index (κ1) is 10.9. The van der Waals surface area contributed by atoms with E-state index in [1.165, 1.54) is 49.8 Å². The lowest BCUT2D eigenvalue weighted by Crippen LogP contribution is -2.21. The van der Waals surface area contributed by atoms with Crippen LogP contribution < -0.4 is 5.32 Å². The van der Waals surface area contributed by atoms with Crippen molar-refractivity contribution >= 4 is 11.8 Å². The molecule has 1 heterocycles. The van der Waals surface area contributed by atoms with Gasteiger partial charge >= 0.3 is 0 Å². The molecule has 0 aromatic heterocycles. The lowest BCUT2D eigenvalue weighted by molar-refractivity contribution is 0.332. The molecule has 0 unspecified atom stereocenters. The Balaban J connectivity index is 1.87. The van der Waals surface area contributed by atoms with E-state index in [4.69, 9.17) is 5.32 Å². The molecule has 0 saturated heterocycles. The van der Waals surface area contributed by atoms with E-state index in [1.807, 2.05) is 0 Å². The van der Waals surface area contributed by atoms with Crippen molar-refractivity contribution in [3.8, 4) is 0 Å². The van der Waals surface area contributed by atoms with Crippen molar-refractivity contribution in [2.75, 3.05) is 0 Å². The van der Waals surface area contributed by atoms with Crippen LogP contribution in [-0.4, -0.2) is 0 Å². The van der Waals surface area contributed by atoms with Gasteiger partial charge in [0, 0.05) is 16.7 Å². The molecule has 2 aliphatic rings. The molecule has 0 bridgehead atoms. The van der Waals surface area contributed by atoms with E-state index >= 15 is 0 Å². The summed E-state index contributed by atoms with van der Waals surface area (Å²) >= 11 is 0. The molecule has 0 N–H and O–H groups in total. The molecule has 1 aliphatic heterocycles. The van der Waals surface area contributed by atoms with Crippen LogP contribution in [0.3, 0.4) is 0 Å². The van der Waals surface area contributed by atoms with Crippen LogP contribution in [0.1, 0.15) is 51.0 Å². The number of allylic oxidation sites excluding steroid dienone is 1. The molecule has 1 radical (unpaired) electrons. The third-order valence-electron chi connectivity index (χ3n) is 4.30. The van der Waals surface area contributed by atoms with Crippen LogP contribution in [0, 0.1) is 5.41 Å². The molecule has 1 aliphatic carbocycles. The van der Waals surface area contributed by atoms with E-state index in [0.717, 1.165) is 5.69 Å². The van der Waals surface area contributed by atoms with Gasteiger partial charge in [-0.1, -0.05) is 50.8 Å². The van der Waals surface area contributed by atoms with Crippen molar-refractivity contribution in [3.05, 3.63) is 35.5 Å². The molecule has 0 spiro atoms. The topological polar surface area (TPSA) is 14.1 Å². The van der Waals surface area contributed by atoms with Crippen LogP contribution in [0.5, 0.6) is 0 Å².